The third-order valence-electron chi connectivity index (χ3n) is 7.24. The minimum atomic E-state index is -1.39. The third-order valence-corrected chi connectivity index (χ3v) is 7.24. The van der Waals surface area contributed by atoms with Gasteiger partial charge in [-0.15, -0.1) is 0 Å². The van der Waals surface area contributed by atoms with Gasteiger partial charge in [-0.3, -0.25) is 9.59 Å². The van der Waals surface area contributed by atoms with E-state index in [1.165, 1.54) is 21.1 Å². The Morgan fingerprint density at radius 3 is 1.61 bits per heavy atom. The average Bonchev–Trinajstić information content (AvgIpc) is 3.09. The Balaban J connectivity index is 1.72. The molecule has 0 radical (unpaired) electrons. The van der Waals surface area contributed by atoms with Gasteiger partial charge in [0, 0.05) is 6.92 Å². The Morgan fingerprint density at radius 1 is 0.674 bits per heavy atom. The summed E-state index contributed by atoms with van der Waals surface area (Å²) < 4.78 is 47.1. The van der Waals surface area contributed by atoms with Gasteiger partial charge in [-0.05, 0) is 16.7 Å². The SMILES string of the molecule is COC(=O)C[C@H](O[C@@H]1OC(COC(C)=O)[C@@H](OCc2ccccc2)[C@H](OCc2ccccc2)C1OCc1ccccc1)C(=O)OC. The highest BCUT2D eigenvalue weighted by atomic mass is 16.7. The van der Waals surface area contributed by atoms with E-state index in [9.17, 15) is 14.4 Å². The van der Waals surface area contributed by atoms with Crippen LogP contribution in [-0.2, 0) is 72.1 Å². The van der Waals surface area contributed by atoms with Crippen molar-refractivity contribution in [2.24, 2.45) is 0 Å². The first-order chi connectivity index (χ1) is 22.4. The molecule has 246 valence electrons. The van der Waals surface area contributed by atoms with Gasteiger partial charge in [-0.1, -0.05) is 91.0 Å². The van der Waals surface area contributed by atoms with E-state index in [0.29, 0.717) is 0 Å². The molecule has 1 heterocycles. The van der Waals surface area contributed by atoms with Crippen molar-refractivity contribution >= 4 is 17.9 Å². The Morgan fingerprint density at radius 2 is 1.15 bits per heavy atom. The number of hydrogen-bond acceptors (Lipinski definition) is 11. The average molecular weight is 637 g/mol. The molecule has 0 spiro atoms. The van der Waals surface area contributed by atoms with E-state index < -0.39 is 61.1 Å². The second-order valence-corrected chi connectivity index (χ2v) is 10.6. The summed E-state index contributed by atoms with van der Waals surface area (Å²) in [6.45, 7) is 1.60. The molecule has 4 rings (SSSR count). The molecule has 46 heavy (non-hydrogen) atoms. The molecule has 0 saturated carbocycles. The Bertz CT molecular complexity index is 1350. The van der Waals surface area contributed by atoms with Crippen molar-refractivity contribution in [1.82, 2.24) is 0 Å². The van der Waals surface area contributed by atoms with E-state index in [-0.39, 0.29) is 26.4 Å². The van der Waals surface area contributed by atoms with Gasteiger partial charge >= 0.3 is 17.9 Å². The van der Waals surface area contributed by atoms with Crippen molar-refractivity contribution in [2.75, 3.05) is 20.8 Å². The normalized spacial score (nSPS) is 21.6. The zero-order chi connectivity index (χ0) is 32.7. The van der Waals surface area contributed by atoms with Crippen molar-refractivity contribution in [1.29, 1.82) is 0 Å². The first-order valence-corrected chi connectivity index (χ1v) is 14.9. The maximum Gasteiger partial charge on any atom is 0.335 e. The fourth-order valence-corrected chi connectivity index (χ4v) is 4.90. The molecule has 1 aliphatic rings. The van der Waals surface area contributed by atoms with Crippen molar-refractivity contribution in [3.8, 4) is 0 Å². The van der Waals surface area contributed by atoms with Crippen LogP contribution in [0.4, 0.5) is 0 Å². The molecule has 11 heteroatoms. The lowest BCUT2D eigenvalue weighted by Gasteiger charge is -2.46. The van der Waals surface area contributed by atoms with Crippen LogP contribution in [0.3, 0.4) is 0 Å². The molecule has 3 aromatic rings. The second-order valence-electron chi connectivity index (χ2n) is 10.6. The van der Waals surface area contributed by atoms with Crippen LogP contribution >= 0.6 is 0 Å². The second kappa shape index (κ2) is 18.1. The molecule has 0 aliphatic carbocycles. The number of ether oxygens (including phenoxy) is 8. The molecule has 1 saturated heterocycles. The van der Waals surface area contributed by atoms with E-state index in [1.54, 1.807) is 0 Å². The summed E-state index contributed by atoms with van der Waals surface area (Å²) in [5.74, 6) is -2.02. The van der Waals surface area contributed by atoms with Crippen molar-refractivity contribution < 1.29 is 52.3 Å². The zero-order valence-electron chi connectivity index (χ0n) is 26.2. The predicted octanol–water partition coefficient (Wildman–Crippen LogP) is 4.15. The van der Waals surface area contributed by atoms with Crippen LogP contribution in [0.15, 0.2) is 91.0 Å². The lowest BCUT2D eigenvalue weighted by Crippen LogP contribution is -2.62. The number of hydrogen-bond donors (Lipinski definition) is 0. The van der Waals surface area contributed by atoms with Crippen LogP contribution in [0, 0.1) is 0 Å². The molecule has 3 aromatic carbocycles. The van der Waals surface area contributed by atoms with Crippen LogP contribution in [0.2, 0.25) is 0 Å². The van der Waals surface area contributed by atoms with E-state index in [4.69, 9.17) is 37.9 Å². The van der Waals surface area contributed by atoms with E-state index >= 15 is 0 Å². The number of carbonyl (C=O) groups excluding carboxylic acids is 3. The highest BCUT2D eigenvalue weighted by Gasteiger charge is 2.50. The molecule has 11 nitrogen and oxygen atoms in total. The predicted molar refractivity (Wildman–Crippen MR) is 164 cm³/mol. The largest absolute Gasteiger partial charge is 0.469 e. The summed E-state index contributed by atoms with van der Waals surface area (Å²) in [7, 11) is 2.39. The maximum atomic E-state index is 12.8. The lowest BCUT2D eigenvalue weighted by molar-refractivity contribution is -0.333. The summed E-state index contributed by atoms with van der Waals surface area (Å²) in [6, 6.07) is 28.6. The number of methoxy groups -OCH3 is 2. The van der Waals surface area contributed by atoms with Crippen LogP contribution < -0.4 is 0 Å². The topological polar surface area (TPSA) is 125 Å². The number of esters is 3. The van der Waals surface area contributed by atoms with Gasteiger partial charge in [-0.25, -0.2) is 4.79 Å². The van der Waals surface area contributed by atoms with Crippen LogP contribution in [0.25, 0.3) is 0 Å². The smallest absolute Gasteiger partial charge is 0.335 e. The number of benzene rings is 3. The molecular weight excluding hydrogens is 596 g/mol. The molecule has 0 aromatic heterocycles. The Hall–Kier alpha value is -4.13. The van der Waals surface area contributed by atoms with Crippen molar-refractivity contribution in [2.45, 2.75) is 70.0 Å². The first-order valence-electron chi connectivity index (χ1n) is 14.9. The minimum absolute atomic E-state index is 0.139. The first kappa shape index (κ1) is 34.7. The molecule has 2 unspecified atom stereocenters. The Labute approximate surface area is 268 Å². The minimum Gasteiger partial charge on any atom is -0.469 e. The quantitative estimate of drug-likeness (QED) is 0.166. The molecule has 1 aliphatic heterocycles. The van der Waals surface area contributed by atoms with Gasteiger partial charge in [-0.2, -0.15) is 0 Å². The van der Waals surface area contributed by atoms with E-state index in [1.807, 2.05) is 91.0 Å². The van der Waals surface area contributed by atoms with Gasteiger partial charge in [0.2, 0.25) is 0 Å². The molecule has 1 fully saturated rings. The van der Waals surface area contributed by atoms with Crippen molar-refractivity contribution in [3.63, 3.8) is 0 Å². The summed E-state index contributed by atoms with van der Waals surface area (Å²) in [6.07, 6.45) is -6.68. The van der Waals surface area contributed by atoms with Crippen LogP contribution in [0.5, 0.6) is 0 Å². The lowest BCUT2D eigenvalue weighted by atomic mass is 9.97. The standard InChI is InChI=1S/C35H40O11/c1-24(36)41-23-29-31(42-20-25-13-7-4-8-14-25)32(43-21-26-15-9-5-10-16-26)33(44-22-27-17-11-6-12-18-27)35(46-29)45-28(34(38)40-3)19-30(37)39-2/h4-18,28-29,31-33,35H,19-23H2,1-3H3/t28-,29?,31+,32-,33?,35+/m0/s1. The van der Waals surface area contributed by atoms with E-state index in [2.05, 4.69) is 0 Å². The summed E-state index contributed by atoms with van der Waals surface area (Å²) in [5.41, 5.74) is 2.66. The van der Waals surface area contributed by atoms with Gasteiger partial charge in [0.05, 0.1) is 40.5 Å². The van der Waals surface area contributed by atoms with Gasteiger partial charge in [0.1, 0.15) is 31.0 Å². The van der Waals surface area contributed by atoms with Gasteiger partial charge in [0.25, 0.3) is 0 Å². The molecule has 6 atom stereocenters. The summed E-state index contributed by atoms with van der Waals surface area (Å²) in [4.78, 5) is 36.9. The maximum absolute atomic E-state index is 12.8. The van der Waals surface area contributed by atoms with Crippen LogP contribution in [0.1, 0.15) is 30.0 Å². The zero-order valence-corrected chi connectivity index (χ0v) is 26.2. The van der Waals surface area contributed by atoms with Crippen LogP contribution in [-0.4, -0.2) is 75.5 Å². The monoisotopic (exact) mass is 636 g/mol. The third kappa shape index (κ3) is 10.5. The summed E-state index contributed by atoms with van der Waals surface area (Å²) >= 11 is 0. The fraction of sp³-hybridized carbons (Fsp3) is 0.400. The molecule has 0 bridgehead atoms. The van der Waals surface area contributed by atoms with Crippen molar-refractivity contribution in [3.05, 3.63) is 108 Å². The Kier molecular flexibility index (Phi) is 13.7. The van der Waals surface area contributed by atoms with E-state index in [0.717, 1.165) is 16.7 Å². The molecular formula is C35H40O11. The number of rotatable bonds is 16. The van der Waals surface area contributed by atoms with Gasteiger partial charge < -0.3 is 37.9 Å². The highest BCUT2D eigenvalue weighted by molar-refractivity contribution is 5.81. The fourth-order valence-electron chi connectivity index (χ4n) is 4.90. The molecule has 0 N–H and O–H groups in total. The molecule has 0 amide bonds. The summed E-state index contributed by atoms with van der Waals surface area (Å²) in [5, 5.41) is 0. The number of carbonyl (C=O) groups is 3. The highest BCUT2D eigenvalue weighted by Crippen LogP contribution is 2.32. The van der Waals surface area contributed by atoms with Gasteiger partial charge in [0.15, 0.2) is 12.4 Å².